The Labute approximate surface area is 210 Å². The molecule has 2 N–H and O–H groups in total. The molecule has 0 saturated carbocycles. The SMILES string of the molecule is Cc1ncc(-c2ccc(NCC(C)C)nc2)c(N2CCC(C)(C)CC2)c1[C@H](OC(C)(C)C)C(=O)O. The number of carboxylic acid groups (broad SMARTS) is 1. The first-order valence-electron chi connectivity index (χ1n) is 12.6. The number of ether oxygens (including phenoxy) is 1. The lowest BCUT2D eigenvalue weighted by atomic mass is 9.82. The molecule has 35 heavy (non-hydrogen) atoms. The largest absolute Gasteiger partial charge is 0.479 e. The number of carboxylic acids is 1. The number of nitrogens with one attached hydrogen (secondary N) is 1. The number of anilines is 2. The number of nitrogens with zero attached hydrogens (tertiary/aromatic N) is 3. The van der Waals surface area contributed by atoms with E-state index in [1.807, 2.05) is 52.2 Å². The molecule has 1 aliphatic rings. The van der Waals surface area contributed by atoms with Crippen LogP contribution in [0.25, 0.3) is 11.1 Å². The van der Waals surface area contributed by atoms with E-state index in [4.69, 9.17) is 4.74 Å². The minimum atomic E-state index is -1.12. The van der Waals surface area contributed by atoms with E-state index in [0.29, 0.717) is 17.2 Å². The van der Waals surface area contributed by atoms with Gasteiger partial charge < -0.3 is 20.1 Å². The van der Waals surface area contributed by atoms with Crippen LogP contribution >= 0.6 is 0 Å². The number of aliphatic carboxylic acids is 1. The third-order valence-electron chi connectivity index (χ3n) is 6.44. The van der Waals surface area contributed by atoms with Gasteiger partial charge in [0.25, 0.3) is 0 Å². The van der Waals surface area contributed by atoms with Crippen LogP contribution in [0.5, 0.6) is 0 Å². The van der Waals surface area contributed by atoms with Gasteiger partial charge in [-0.15, -0.1) is 0 Å². The predicted molar refractivity (Wildman–Crippen MR) is 142 cm³/mol. The molecule has 0 bridgehead atoms. The van der Waals surface area contributed by atoms with Gasteiger partial charge in [-0.25, -0.2) is 9.78 Å². The summed E-state index contributed by atoms with van der Waals surface area (Å²) < 4.78 is 6.11. The Morgan fingerprint density at radius 1 is 1.17 bits per heavy atom. The first-order valence-corrected chi connectivity index (χ1v) is 12.6. The summed E-state index contributed by atoms with van der Waals surface area (Å²) in [7, 11) is 0. The monoisotopic (exact) mass is 482 g/mol. The van der Waals surface area contributed by atoms with Gasteiger partial charge in [0.15, 0.2) is 6.10 Å². The second-order valence-electron chi connectivity index (χ2n) is 11.8. The average Bonchev–Trinajstić information content (AvgIpc) is 2.76. The highest BCUT2D eigenvalue weighted by Crippen LogP contribution is 2.43. The molecule has 7 nitrogen and oxygen atoms in total. The molecule has 1 atom stereocenters. The van der Waals surface area contributed by atoms with E-state index >= 15 is 0 Å². The zero-order valence-electron chi connectivity index (χ0n) is 22.6. The van der Waals surface area contributed by atoms with Gasteiger partial charge >= 0.3 is 5.97 Å². The van der Waals surface area contributed by atoms with Gasteiger partial charge in [0, 0.05) is 54.4 Å². The Bertz CT molecular complexity index is 1020. The smallest absolute Gasteiger partial charge is 0.337 e. The topological polar surface area (TPSA) is 87.6 Å². The van der Waals surface area contributed by atoms with E-state index in [9.17, 15) is 9.90 Å². The van der Waals surface area contributed by atoms with Crippen LogP contribution in [0, 0.1) is 18.3 Å². The molecule has 3 heterocycles. The number of rotatable bonds is 8. The lowest BCUT2D eigenvalue weighted by Gasteiger charge is -2.40. The maximum atomic E-state index is 12.5. The van der Waals surface area contributed by atoms with Crippen LogP contribution in [0.3, 0.4) is 0 Å². The Balaban J connectivity index is 2.13. The fourth-order valence-corrected chi connectivity index (χ4v) is 4.36. The standard InChI is InChI=1S/C28H42N4O3/c1-18(2)15-30-22-10-9-20(16-31-22)21-17-29-19(3)23(25(26(33)34)35-27(4,5)6)24(21)32-13-11-28(7,8)12-14-32/h9-10,16-18,25H,11-15H2,1-8H3,(H,30,31)(H,33,34)/t25-/m0/s1. The molecule has 1 aliphatic heterocycles. The van der Waals surface area contributed by atoms with Crippen molar-refractivity contribution in [3.63, 3.8) is 0 Å². The van der Waals surface area contributed by atoms with Crippen molar-refractivity contribution in [2.75, 3.05) is 29.9 Å². The van der Waals surface area contributed by atoms with E-state index in [-0.39, 0.29) is 5.41 Å². The Hall–Kier alpha value is -2.67. The third kappa shape index (κ3) is 6.94. The van der Waals surface area contributed by atoms with Crippen molar-refractivity contribution < 1.29 is 14.6 Å². The van der Waals surface area contributed by atoms with Gasteiger partial charge in [0.05, 0.1) is 11.3 Å². The fourth-order valence-electron chi connectivity index (χ4n) is 4.36. The normalized spacial score (nSPS) is 16.9. The minimum absolute atomic E-state index is 0.262. The molecule has 1 saturated heterocycles. The zero-order chi connectivity index (χ0) is 26.0. The molecular weight excluding hydrogens is 440 g/mol. The van der Waals surface area contributed by atoms with Gasteiger partial charge in [-0.3, -0.25) is 4.98 Å². The molecule has 7 heteroatoms. The number of carbonyl (C=O) groups is 1. The van der Waals surface area contributed by atoms with Gasteiger partial charge in [0.1, 0.15) is 5.82 Å². The summed E-state index contributed by atoms with van der Waals surface area (Å²) in [5, 5.41) is 13.6. The van der Waals surface area contributed by atoms with Gasteiger partial charge in [-0.2, -0.15) is 0 Å². The van der Waals surface area contributed by atoms with Crippen LogP contribution in [0.4, 0.5) is 11.5 Å². The first kappa shape index (κ1) is 26.9. The molecule has 0 spiro atoms. The number of aromatic nitrogens is 2. The minimum Gasteiger partial charge on any atom is -0.479 e. The van der Waals surface area contributed by atoms with Crippen molar-refractivity contribution in [1.29, 1.82) is 0 Å². The van der Waals surface area contributed by atoms with Crippen LogP contribution < -0.4 is 10.2 Å². The molecular formula is C28H42N4O3. The Kier molecular flexibility index (Phi) is 8.10. The molecule has 2 aromatic heterocycles. The van der Waals surface area contributed by atoms with Crippen LogP contribution in [-0.2, 0) is 9.53 Å². The summed E-state index contributed by atoms with van der Waals surface area (Å²) in [5.74, 6) is 0.335. The number of piperidine rings is 1. The molecule has 0 amide bonds. The lowest BCUT2D eigenvalue weighted by Crippen LogP contribution is -2.39. The van der Waals surface area contributed by atoms with Crippen molar-refractivity contribution in [1.82, 2.24) is 9.97 Å². The number of pyridine rings is 2. The Morgan fingerprint density at radius 2 is 1.83 bits per heavy atom. The van der Waals surface area contributed by atoms with Gasteiger partial charge in [0.2, 0.25) is 0 Å². The second-order valence-corrected chi connectivity index (χ2v) is 11.8. The van der Waals surface area contributed by atoms with Gasteiger partial charge in [-0.05, 0) is 64.0 Å². The zero-order valence-corrected chi connectivity index (χ0v) is 22.6. The molecule has 0 aliphatic carbocycles. The van der Waals surface area contributed by atoms with E-state index in [2.05, 4.69) is 47.9 Å². The summed E-state index contributed by atoms with van der Waals surface area (Å²) in [4.78, 5) is 24.1. The molecule has 0 aromatic carbocycles. The van der Waals surface area contributed by atoms with Crippen LogP contribution in [0.2, 0.25) is 0 Å². The summed E-state index contributed by atoms with van der Waals surface area (Å²) in [6, 6.07) is 4.00. The summed E-state index contributed by atoms with van der Waals surface area (Å²) in [6.07, 6.45) is 4.63. The quantitative estimate of drug-likeness (QED) is 0.471. The molecule has 3 rings (SSSR count). The van der Waals surface area contributed by atoms with Crippen LogP contribution in [-0.4, -0.2) is 46.3 Å². The highest BCUT2D eigenvalue weighted by atomic mass is 16.5. The first-order chi connectivity index (χ1) is 16.3. The molecule has 192 valence electrons. The summed E-state index contributed by atoms with van der Waals surface area (Å²) >= 11 is 0. The van der Waals surface area contributed by atoms with E-state index in [1.54, 1.807) is 0 Å². The Morgan fingerprint density at radius 3 is 2.34 bits per heavy atom. The van der Waals surface area contributed by atoms with Crippen molar-refractivity contribution in [2.24, 2.45) is 11.3 Å². The predicted octanol–water partition coefficient (Wildman–Crippen LogP) is 6.09. The maximum Gasteiger partial charge on any atom is 0.337 e. The summed E-state index contributed by atoms with van der Waals surface area (Å²) in [5.41, 5.74) is 3.64. The molecule has 0 unspecified atom stereocenters. The van der Waals surface area contributed by atoms with Gasteiger partial charge in [-0.1, -0.05) is 27.7 Å². The molecule has 2 aromatic rings. The maximum absolute atomic E-state index is 12.5. The average molecular weight is 483 g/mol. The van der Waals surface area contributed by atoms with E-state index in [0.717, 1.165) is 55.1 Å². The molecule has 1 fully saturated rings. The summed E-state index contributed by atoms with van der Waals surface area (Å²) in [6.45, 7) is 19.0. The number of hydrogen-bond donors (Lipinski definition) is 2. The van der Waals surface area contributed by atoms with E-state index in [1.165, 1.54) is 0 Å². The van der Waals surface area contributed by atoms with Crippen LogP contribution in [0.15, 0.2) is 24.5 Å². The van der Waals surface area contributed by atoms with Crippen molar-refractivity contribution in [3.05, 3.63) is 35.8 Å². The van der Waals surface area contributed by atoms with Crippen molar-refractivity contribution in [2.45, 2.75) is 79.9 Å². The highest BCUT2D eigenvalue weighted by Gasteiger charge is 2.35. The second kappa shape index (κ2) is 10.5. The van der Waals surface area contributed by atoms with Crippen molar-refractivity contribution in [3.8, 4) is 11.1 Å². The third-order valence-corrected chi connectivity index (χ3v) is 6.44. The molecule has 0 radical (unpaired) electrons. The highest BCUT2D eigenvalue weighted by molar-refractivity contribution is 5.86. The fraction of sp³-hybridized carbons (Fsp3) is 0.607. The van der Waals surface area contributed by atoms with E-state index < -0.39 is 17.7 Å². The lowest BCUT2D eigenvalue weighted by molar-refractivity contribution is -0.160. The van der Waals surface area contributed by atoms with Crippen LogP contribution in [0.1, 0.15) is 78.7 Å². The number of hydrogen-bond acceptors (Lipinski definition) is 6. The number of aryl methyl sites for hydroxylation is 1. The van der Waals surface area contributed by atoms with Crippen molar-refractivity contribution >= 4 is 17.5 Å².